The Hall–Kier alpha value is -1.65. The summed E-state index contributed by atoms with van der Waals surface area (Å²) >= 11 is 0. The molecule has 0 aromatic carbocycles. The summed E-state index contributed by atoms with van der Waals surface area (Å²) in [5.41, 5.74) is 0. The number of unbranched alkanes of at least 4 members (excludes halogenated alkanes) is 19. The molecule has 0 N–H and O–H groups in total. The lowest BCUT2D eigenvalue weighted by molar-refractivity contribution is -0.150. The van der Waals surface area contributed by atoms with Crippen LogP contribution in [0.1, 0.15) is 200 Å². The SMILES string of the molecule is CCCCC/C=C\C/C=C\CCCCCCCCC(CCCCCCCC/C=C\C/C=C\CCCCC)OC(=O)CCCCN1CCOCC1. The molecule has 0 unspecified atom stereocenters. The Morgan fingerprint density at radius 3 is 1.42 bits per heavy atom. The Morgan fingerprint density at radius 1 is 0.540 bits per heavy atom. The molecule has 1 fully saturated rings. The standard InChI is InChI=1S/C46H83NO3/c1-3-5-7-9-11-13-15-17-19-21-23-25-27-29-31-33-37-45(50-46(48)39-35-36-40-47-41-43-49-44-42-47)38-34-32-30-28-26-24-22-20-18-16-14-12-10-8-6-4-2/h11-14,17-20,45H,3-10,15-16,21-44H2,1-2H3/b13-11-,14-12-,19-17-,20-18-. The van der Waals surface area contributed by atoms with E-state index < -0.39 is 0 Å². The molecular formula is C46H83NO3. The molecule has 4 heteroatoms. The zero-order valence-electron chi connectivity index (χ0n) is 33.4. The summed E-state index contributed by atoms with van der Waals surface area (Å²) in [6, 6.07) is 0. The quantitative estimate of drug-likeness (QED) is 0.0371. The molecule has 290 valence electrons. The highest BCUT2D eigenvalue weighted by atomic mass is 16.5. The number of hydrogen-bond acceptors (Lipinski definition) is 4. The highest BCUT2D eigenvalue weighted by Crippen LogP contribution is 2.18. The Kier molecular flexibility index (Phi) is 35.8. The van der Waals surface area contributed by atoms with Crippen molar-refractivity contribution in [3.63, 3.8) is 0 Å². The number of carbonyl (C=O) groups excluding carboxylic acids is 1. The second-order valence-electron chi connectivity index (χ2n) is 14.8. The van der Waals surface area contributed by atoms with Crippen molar-refractivity contribution in [1.29, 1.82) is 0 Å². The Balaban J connectivity index is 2.18. The van der Waals surface area contributed by atoms with Gasteiger partial charge in [0.2, 0.25) is 0 Å². The fourth-order valence-corrected chi connectivity index (χ4v) is 6.66. The molecule has 0 atom stereocenters. The largest absolute Gasteiger partial charge is 0.462 e. The van der Waals surface area contributed by atoms with Crippen molar-refractivity contribution in [3.8, 4) is 0 Å². The molecule has 1 aliphatic heterocycles. The molecular weight excluding hydrogens is 615 g/mol. The molecule has 0 aromatic heterocycles. The van der Waals surface area contributed by atoms with Gasteiger partial charge in [-0.2, -0.15) is 0 Å². The molecule has 1 aliphatic rings. The van der Waals surface area contributed by atoms with Crippen molar-refractivity contribution in [2.45, 2.75) is 206 Å². The van der Waals surface area contributed by atoms with Gasteiger partial charge in [0.15, 0.2) is 0 Å². The molecule has 1 rings (SSSR count). The van der Waals surface area contributed by atoms with Crippen molar-refractivity contribution in [3.05, 3.63) is 48.6 Å². The third-order valence-electron chi connectivity index (χ3n) is 9.96. The minimum absolute atomic E-state index is 0.0251. The number of hydrogen-bond donors (Lipinski definition) is 0. The van der Waals surface area contributed by atoms with E-state index in [1.807, 2.05) is 0 Å². The van der Waals surface area contributed by atoms with E-state index in [0.717, 1.165) is 71.4 Å². The summed E-state index contributed by atoms with van der Waals surface area (Å²) < 4.78 is 11.5. The van der Waals surface area contributed by atoms with E-state index in [0.29, 0.717) is 6.42 Å². The summed E-state index contributed by atoms with van der Waals surface area (Å²) in [7, 11) is 0. The van der Waals surface area contributed by atoms with Crippen LogP contribution in [0.3, 0.4) is 0 Å². The first-order valence-electron chi connectivity index (χ1n) is 21.9. The Morgan fingerprint density at radius 2 is 0.960 bits per heavy atom. The van der Waals surface area contributed by atoms with Crippen molar-refractivity contribution < 1.29 is 14.3 Å². The van der Waals surface area contributed by atoms with Crippen LogP contribution in [0.2, 0.25) is 0 Å². The lowest BCUT2D eigenvalue weighted by Crippen LogP contribution is -2.36. The molecule has 4 nitrogen and oxygen atoms in total. The van der Waals surface area contributed by atoms with Gasteiger partial charge in [-0.1, -0.05) is 140 Å². The highest BCUT2D eigenvalue weighted by molar-refractivity contribution is 5.69. The van der Waals surface area contributed by atoms with E-state index in [-0.39, 0.29) is 12.1 Å². The summed E-state index contributed by atoms with van der Waals surface area (Å²) in [5.74, 6) is 0.0251. The van der Waals surface area contributed by atoms with Gasteiger partial charge in [0.05, 0.1) is 13.2 Å². The van der Waals surface area contributed by atoms with Gasteiger partial charge >= 0.3 is 5.97 Å². The van der Waals surface area contributed by atoms with E-state index in [2.05, 4.69) is 67.4 Å². The number of ether oxygens (including phenoxy) is 2. The zero-order valence-corrected chi connectivity index (χ0v) is 33.4. The highest BCUT2D eigenvalue weighted by Gasteiger charge is 2.15. The number of carbonyl (C=O) groups is 1. The van der Waals surface area contributed by atoms with Gasteiger partial charge in [0.1, 0.15) is 6.10 Å². The van der Waals surface area contributed by atoms with Gasteiger partial charge in [-0.15, -0.1) is 0 Å². The maximum Gasteiger partial charge on any atom is 0.306 e. The smallest absolute Gasteiger partial charge is 0.306 e. The molecule has 1 heterocycles. The average Bonchev–Trinajstić information content (AvgIpc) is 3.13. The monoisotopic (exact) mass is 698 g/mol. The maximum atomic E-state index is 12.8. The number of morpholine rings is 1. The fraction of sp³-hybridized carbons (Fsp3) is 0.804. The molecule has 0 bridgehead atoms. The van der Waals surface area contributed by atoms with Gasteiger partial charge in [-0.25, -0.2) is 0 Å². The molecule has 0 spiro atoms. The van der Waals surface area contributed by atoms with E-state index in [4.69, 9.17) is 9.47 Å². The first kappa shape index (κ1) is 46.4. The van der Waals surface area contributed by atoms with Crippen molar-refractivity contribution in [2.24, 2.45) is 0 Å². The van der Waals surface area contributed by atoms with Crippen LogP contribution >= 0.6 is 0 Å². The van der Waals surface area contributed by atoms with Gasteiger partial charge in [0, 0.05) is 19.5 Å². The molecule has 0 radical (unpaired) electrons. The van der Waals surface area contributed by atoms with Crippen LogP contribution < -0.4 is 0 Å². The van der Waals surface area contributed by atoms with Crippen LogP contribution in [0.5, 0.6) is 0 Å². The summed E-state index contributed by atoms with van der Waals surface area (Å²) in [5, 5.41) is 0. The first-order valence-corrected chi connectivity index (χ1v) is 21.9. The minimum Gasteiger partial charge on any atom is -0.462 e. The third kappa shape index (κ3) is 33.5. The second kappa shape index (κ2) is 38.6. The summed E-state index contributed by atoms with van der Waals surface area (Å²) in [6.45, 7) is 9.32. The van der Waals surface area contributed by atoms with E-state index in [1.165, 1.54) is 141 Å². The van der Waals surface area contributed by atoms with E-state index in [9.17, 15) is 4.79 Å². The summed E-state index contributed by atoms with van der Waals surface area (Å²) in [6.07, 6.45) is 53.9. The molecule has 0 aliphatic carbocycles. The fourth-order valence-electron chi connectivity index (χ4n) is 6.66. The molecule has 0 saturated carbocycles. The number of nitrogens with zero attached hydrogens (tertiary/aromatic N) is 1. The van der Waals surface area contributed by atoms with Crippen molar-refractivity contribution in [1.82, 2.24) is 4.90 Å². The van der Waals surface area contributed by atoms with Gasteiger partial charge in [0.25, 0.3) is 0 Å². The maximum absolute atomic E-state index is 12.8. The lowest BCUT2D eigenvalue weighted by atomic mass is 10.0. The Bertz CT molecular complexity index is 777. The number of esters is 1. The molecule has 1 saturated heterocycles. The van der Waals surface area contributed by atoms with E-state index in [1.54, 1.807) is 0 Å². The summed E-state index contributed by atoms with van der Waals surface area (Å²) in [4.78, 5) is 15.2. The minimum atomic E-state index is 0.0251. The normalized spacial score (nSPS) is 14.5. The number of allylic oxidation sites excluding steroid dienone is 8. The molecule has 50 heavy (non-hydrogen) atoms. The third-order valence-corrected chi connectivity index (χ3v) is 9.96. The van der Waals surface area contributed by atoms with Crippen LogP contribution in [-0.2, 0) is 14.3 Å². The van der Waals surface area contributed by atoms with Crippen molar-refractivity contribution >= 4 is 5.97 Å². The van der Waals surface area contributed by atoms with Crippen LogP contribution in [0.4, 0.5) is 0 Å². The van der Waals surface area contributed by atoms with Gasteiger partial charge in [-0.05, 0) is 109 Å². The molecule has 0 aromatic rings. The predicted molar refractivity (Wildman–Crippen MR) is 219 cm³/mol. The van der Waals surface area contributed by atoms with Crippen LogP contribution in [0, 0.1) is 0 Å². The van der Waals surface area contributed by atoms with E-state index >= 15 is 0 Å². The predicted octanol–water partition coefficient (Wildman–Crippen LogP) is 13.8. The zero-order chi connectivity index (χ0) is 35.8. The van der Waals surface area contributed by atoms with Crippen LogP contribution in [0.25, 0.3) is 0 Å². The average molecular weight is 698 g/mol. The van der Waals surface area contributed by atoms with Gasteiger partial charge in [-0.3, -0.25) is 9.69 Å². The Labute approximate surface area is 312 Å². The number of rotatable bonds is 36. The lowest BCUT2D eigenvalue weighted by Gasteiger charge is -2.26. The van der Waals surface area contributed by atoms with Crippen LogP contribution in [0.15, 0.2) is 48.6 Å². The first-order chi connectivity index (χ1) is 24.8. The second-order valence-corrected chi connectivity index (χ2v) is 14.8. The van der Waals surface area contributed by atoms with Gasteiger partial charge < -0.3 is 9.47 Å². The van der Waals surface area contributed by atoms with Crippen LogP contribution in [-0.4, -0.2) is 49.8 Å². The molecule has 0 amide bonds. The topological polar surface area (TPSA) is 38.8 Å². The van der Waals surface area contributed by atoms with Crippen molar-refractivity contribution in [2.75, 3.05) is 32.8 Å².